The van der Waals surface area contributed by atoms with Gasteiger partial charge in [-0.3, -0.25) is 9.59 Å². The Bertz CT molecular complexity index is 1420. The summed E-state index contributed by atoms with van der Waals surface area (Å²) in [4.78, 5) is 54.6. The number of hydrogen-bond donors (Lipinski definition) is 1. The minimum atomic E-state index is -0.656. The minimum Gasteiger partial charge on any atom is -0.497 e. The molecule has 0 bridgehead atoms. The highest BCUT2D eigenvalue weighted by atomic mass is 32.2. The predicted molar refractivity (Wildman–Crippen MR) is 155 cm³/mol. The number of rotatable bonds is 9. The number of ether oxygens (including phenoxy) is 3. The summed E-state index contributed by atoms with van der Waals surface area (Å²) in [7, 11) is 1.60. The number of anilines is 2. The van der Waals surface area contributed by atoms with Crippen molar-refractivity contribution < 1.29 is 33.4 Å². The SMILES string of the molecule is CCOC(=O)c1sc(NC(=O)CN2C(=O)CC(c3ccc(OC)cc3)Sc3ccccc32)c(C(=O)OCC)c1C. The number of para-hydroxylation sites is 1. The van der Waals surface area contributed by atoms with Crippen LogP contribution in [0.25, 0.3) is 0 Å². The number of thioether (sulfide) groups is 1. The molecule has 1 unspecified atom stereocenters. The lowest BCUT2D eigenvalue weighted by molar-refractivity contribution is -0.121. The first-order valence-electron chi connectivity index (χ1n) is 12.7. The van der Waals surface area contributed by atoms with Crippen LogP contribution in [0.4, 0.5) is 10.7 Å². The quantitative estimate of drug-likeness (QED) is 0.323. The lowest BCUT2D eigenvalue weighted by Gasteiger charge is -2.22. The van der Waals surface area contributed by atoms with Gasteiger partial charge in [0, 0.05) is 16.6 Å². The van der Waals surface area contributed by atoms with E-state index in [2.05, 4.69) is 5.32 Å². The fraction of sp³-hybridized carbons (Fsp3) is 0.310. The van der Waals surface area contributed by atoms with Gasteiger partial charge in [0.2, 0.25) is 11.8 Å². The molecule has 2 amide bonds. The van der Waals surface area contributed by atoms with Gasteiger partial charge in [0.15, 0.2) is 0 Å². The number of methoxy groups -OCH3 is 1. The maximum atomic E-state index is 13.5. The van der Waals surface area contributed by atoms with E-state index in [4.69, 9.17) is 14.2 Å². The fourth-order valence-electron chi connectivity index (χ4n) is 4.31. The highest BCUT2D eigenvalue weighted by Gasteiger charge is 2.32. The van der Waals surface area contributed by atoms with Crippen LogP contribution in [0.3, 0.4) is 0 Å². The molecule has 0 saturated carbocycles. The second kappa shape index (κ2) is 13.0. The zero-order valence-corrected chi connectivity index (χ0v) is 24.3. The third kappa shape index (κ3) is 6.31. The summed E-state index contributed by atoms with van der Waals surface area (Å²) in [6.07, 6.45) is 0.179. The highest BCUT2D eigenvalue weighted by Crippen LogP contribution is 2.45. The molecule has 1 atom stereocenters. The second-order valence-electron chi connectivity index (χ2n) is 8.78. The van der Waals surface area contributed by atoms with E-state index in [1.807, 2.05) is 48.5 Å². The maximum Gasteiger partial charge on any atom is 0.348 e. The Morgan fingerprint density at radius 2 is 1.68 bits per heavy atom. The molecule has 40 heavy (non-hydrogen) atoms. The Balaban J connectivity index is 1.60. The first kappa shape index (κ1) is 29.2. The molecule has 0 spiro atoms. The van der Waals surface area contributed by atoms with Crippen molar-refractivity contribution in [1.82, 2.24) is 0 Å². The predicted octanol–water partition coefficient (Wildman–Crippen LogP) is 5.63. The first-order valence-corrected chi connectivity index (χ1v) is 14.4. The summed E-state index contributed by atoms with van der Waals surface area (Å²) in [5.41, 5.74) is 2.07. The summed E-state index contributed by atoms with van der Waals surface area (Å²) < 4.78 is 15.5. The van der Waals surface area contributed by atoms with Crippen LogP contribution < -0.4 is 15.0 Å². The van der Waals surface area contributed by atoms with E-state index in [1.54, 1.807) is 39.6 Å². The Hall–Kier alpha value is -3.83. The summed E-state index contributed by atoms with van der Waals surface area (Å²) >= 11 is 2.51. The number of esters is 2. The van der Waals surface area contributed by atoms with Crippen molar-refractivity contribution in [2.45, 2.75) is 37.3 Å². The molecule has 9 nitrogen and oxygen atoms in total. The molecule has 210 valence electrons. The van der Waals surface area contributed by atoms with Crippen LogP contribution in [0, 0.1) is 6.92 Å². The summed E-state index contributed by atoms with van der Waals surface area (Å²) in [5.74, 6) is -1.25. The van der Waals surface area contributed by atoms with E-state index < -0.39 is 17.8 Å². The van der Waals surface area contributed by atoms with Crippen LogP contribution in [0.2, 0.25) is 0 Å². The van der Waals surface area contributed by atoms with E-state index in [0.29, 0.717) is 11.3 Å². The van der Waals surface area contributed by atoms with E-state index in [-0.39, 0.29) is 52.8 Å². The molecule has 11 heteroatoms. The average molecular weight is 583 g/mol. The molecule has 1 aromatic heterocycles. The van der Waals surface area contributed by atoms with Gasteiger partial charge in [-0.1, -0.05) is 24.3 Å². The zero-order valence-electron chi connectivity index (χ0n) is 22.6. The number of nitrogens with one attached hydrogen (secondary N) is 1. The monoisotopic (exact) mass is 582 g/mol. The smallest absolute Gasteiger partial charge is 0.348 e. The Kier molecular flexibility index (Phi) is 9.49. The van der Waals surface area contributed by atoms with Crippen molar-refractivity contribution in [3.8, 4) is 5.75 Å². The third-order valence-electron chi connectivity index (χ3n) is 6.22. The number of benzene rings is 2. The molecule has 1 aliphatic heterocycles. The number of carbonyl (C=O) groups is 4. The molecule has 0 saturated heterocycles. The number of amides is 2. The number of nitrogens with zero attached hydrogens (tertiary/aromatic N) is 1. The van der Waals surface area contributed by atoms with Gasteiger partial charge in [0.05, 0.1) is 31.6 Å². The topological polar surface area (TPSA) is 111 Å². The van der Waals surface area contributed by atoms with Crippen LogP contribution in [-0.4, -0.2) is 50.6 Å². The molecule has 0 aliphatic carbocycles. The normalized spacial score (nSPS) is 14.7. The van der Waals surface area contributed by atoms with Crippen molar-refractivity contribution in [3.63, 3.8) is 0 Å². The van der Waals surface area contributed by atoms with Crippen LogP contribution in [0.5, 0.6) is 5.75 Å². The number of hydrogen-bond acceptors (Lipinski definition) is 9. The van der Waals surface area contributed by atoms with E-state index in [0.717, 1.165) is 27.5 Å². The van der Waals surface area contributed by atoms with Gasteiger partial charge >= 0.3 is 11.9 Å². The fourth-order valence-corrected chi connectivity index (χ4v) is 6.69. The van der Waals surface area contributed by atoms with Crippen LogP contribution in [-0.2, 0) is 19.1 Å². The van der Waals surface area contributed by atoms with Crippen molar-refractivity contribution >= 4 is 57.5 Å². The molecule has 2 aromatic carbocycles. The molecule has 0 fully saturated rings. The molecule has 1 N–H and O–H groups in total. The lowest BCUT2D eigenvalue weighted by atomic mass is 10.1. The summed E-state index contributed by atoms with van der Waals surface area (Å²) in [6.45, 7) is 4.98. The van der Waals surface area contributed by atoms with Crippen molar-refractivity contribution in [2.24, 2.45) is 0 Å². The van der Waals surface area contributed by atoms with Gasteiger partial charge in [0.1, 0.15) is 22.2 Å². The van der Waals surface area contributed by atoms with Gasteiger partial charge < -0.3 is 24.4 Å². The van der Waals surface area contributed by atoms with Gasteiger partial charge in [-0.05, 0) is 56.2 Å². The summed E-state index contributed by atoms with van der Waals surface area (Å²) in [6, 6.07) is 15.0. The molecular weight excluding hydrogens is 552 g/mol. The van der Waals surface area contributed by atoms with Crippen molar-refractivity contribution in [2.75, 3.05) is 37.1 Å². The van der Waals surface area contributed by atoms with Crippen molar-refractivity contribution in [1.29, 1.82) is 0 Å². The Morgan fingerprint density at radius 1 is 1.00 bits per heavy atom. The van der Waals surface area contributed by atoms with E-state index >= 15 is 0 Å². The first-order chi connectivity index (χ1) is 19.3. The second-order valence-corrected chi connectivity index (χ2v) is 11.0. The van der Waals surface area contributed by atoms with Crippen LogP contribution >= 0.6 is 23.1 Å². The Labute approximate surface area is 240 Å². The molecule has 2 heterocycles. The van der Waals surface area contributed by atoms with Gasteiger partial charge in [-0.15, -0.1) is 23.1 Å². The standard InChI is InChI=1S/C29H30N2O7S2/c1-5-37-28(34)25-17(3)26(29(35)38-6-2)40-27(25)30-23(32)16-31-20-9-7-8-10-21(20)39-22(15-24(31)33)18-11-13-19(36-4)14-12-18/h7-14,22H,5-6,15-16H2,1-4H3,(H,30,32). The third-order valence-corrected chi connectivity index (χ3v) is 8.73. The van der Waals surface area contributed by atoms with Crippen LogP contribution in [0.1, 0.15) is 56.7 Å². The minimum absolute atomic E-state index is 0.0981. The molecule has 3 aromatic rings. The van der Waals surface area contributed by atoms with Crippen LogP contribution in [0.15, 0.2) is 53.4 Å². The lowest BCUT2D eigenvalue weighted by Crippen LogP contribution is -2.38. The van der Waals surface area contributed by atoms with E-state index in [9.17, 15) is 19.2 Å². The Morgan fingerprint density at radius 3 is 2.35 bits per heavy atom. The van der Waals surface area contributed by atoms with Gasteiger partial charge in [-0.2, -0.15) is 0 Å². The number of thiophene rings is 1. The highest BCUT2D eigenvalue weighted by molar-refractivity contribution is 7.99. The van der Waals surface area contributed by atoms with Crippen molar-refractivity contribution in [3.05, 3.63) is 70.1 Å². The van der Waals surface area contributed by atoms with Gasteiger partial charge in [-0.25, -0.2) is 9.59 Å². The number of fused-ring (bicyclic) bond motifs is 1. The molecule has 0 radical (unpaired) electrons. The zero-order chi connectivity index (χ0) is 28.8. The molecule has 4 rings (SSSR count). The summed E-state index contributed by atoms with van der Waals surface area (Å²) in [5, 5.41) is 2.75. The largest absolute Gasteiger partial charge is 0.497 e. The average Bonchev–Trinajstić information content (AvgIpc) is 3.19. The number of carbonyl (C=O) groups excluding carboxylic acids is 4. The molecule has 1 aliphatic rings. The van der Waals surface area contributed by atoms with E-state index in [1.165, 1.54) is 4.90 Å². The molecular formula is C29H30N2O7S2. The maximum absolute atomic E-state index is 13.5. The van der Waals surface area contributed by atoms with Gasteiger partial charge in [0.25, 0.3) is 0 Å².